The second-order valence-electron chi connectivity index (χ2n) is 7.26. The number of nitrogen functional groups attached to an aromatic ring is 1. The molecule has 0 atom stereocenters. The molecule has 1 heterocycles. The van der Waals surface area contributed by atoms with Gasteiger partial charge in [0.1, 0.15) is 17.8 Å². The summed E-state index contributed by atoms with van der Waals surface area (Å²) in [4.78, 5) is 38.6. The number of carbonyl (C=O) groups excluding carboxylic acids is 3. The number of hydrogen-bond donors (Lipinski definition) is 3. The number of nitrogens with two attached hydrogens (primary N) is 1. The number of amides is 4. The molecule has 4 amide bonds. The van der Waals surface area contributed by atoms with Crippen molar-refractivity contribution in [3.63, 3.8) is 0 Å². The molecule has 9 heteroatoms. The van der Waals surface area contributed by atoms with Crippen molar-refractivity contribution in [1.29, 1.82) is 0 Å². The van der Waals surface area contributed by atoms with Gasteiger partial charge in [-0.05, 0) is 43.7 Å². The smallest absolute Gasteiger partial charge is 0.325 e. The number of ether oxygens (including phenoxy) is 1. The fraction of sp³-hybridized carbons (Fsp3) is 0.526. The van der Waals surface area contributed by atoms with Crippen LogP contribution in [0.2, 0.25) is 0 Å². The number of methoxy groups -OCH3 is 1. The highest BCUT2D eigenvalue weighted by Crippen LogP contribution is 2.37. The molecule has 1 saturated carbocycles. The Labute approximate surface area is 170 Å². The van der Waals surface area contributed by atoms with E-state index in [2.05, 4.69) is 17.6 Å². The van der Waals surface area contributed by atoms with Crippen LogP contribution in [0.3, 0.4) is 0 Å². The molecule has 0 bridgehead atoms. The summed E-state index contributed by atoms with van der Waals surface area (Å²) in [7, 11) is 1.51. The Morgan fingerprint density at radius 1 is 1.36 bits per heavy atom. The molecule has 154 valence electrons. The third kappa shape index (κ3) is 4.16. The summed E-state index contributed by atoms with van der Waals surface area (Å²) in [5.74, 6) is 0.336. The van der Waals surface area contributed by atoms with Gasteiger partial charge in [0.15, 0.2) is 0 Å². The lowest BCUT2D eigenvalue weighted by Gasteiger charge is -2.34. The van der Waals surface area contributed by atoms with E-state index >= 15 is 0 Å². The molecule has 1 aliphatic carbocycles. The van der Waals surface area contributed by atoms with Crippen molar-refractivity contribution >= 4 is 41.6 Å². The lowest BCUT2D eigenvalue weighted by Crippen LogP contribution is -2.49. The second kappa shape index (κ2) is 8.68. The number of hydrogen-bond acceptors (Lipinski definition) is 5. The summed E-state index contributed by atoms with van der Waals surface area (Å²) in [5.41, 5.74) is 5.76. The molecule has 2 fully saturated rings. The van der Waals surface area contributed by atoms with E-state index in [-0.39, 0.29) is 24.9 Å². The summed E-state index contributed by atoms with van der Waals surface area (Å²) in [6.45, 7) is 1.79. The van der Waals surface area contributed by atoms with E-state index in [0.29, 0.717) is 35.9 Å². The fourth-order valence-electron chi connectivity index (χ4n) is 3.84. The SMILES string of the molecule is CCC1CCC2(CC1)NC(=O)N(CC(=O)Nc1cc(OC)ccc1N)C2=O.Cl. The summed E-state index contributed by atoms with van der Waals surface area (Å²) in [6, 6.07) is 4.37. The topological polar surface area (TPSA) is 114 Å². The van der Waals surface area contributed by atoms with Crippen LogP contribution in [0.25, 0.3) is 0 Å². The highest BCUT2D eigenvalue weighted by molar-refractivity contribution is 6.10. The number of rotatable bonds is 5. The van der Waals surface area contributed by atoms with Gasteiger partial charge in [0.05, 0.1) is 18.5 Å². The Kier molecular flexibility index (Phi) is 6.77. The summed E-state index contributed by atoms with van der Waals surface area (Å²) < 4.78 is 5.12. The van der Waals surface area contributed by atoms with E-state index in [1.54, 1.807) is 18.2 Å². The average molecular weight is 411 g/mol. The molecule has 8 nitrogen and oxygen atoms in total. The van der Waals surface area contributed by atoms with E-state index in [1.165, 1.54) is 7.11 Å². The van der Waals surface area contributed by atoms with Gasteiger partial charge in [0.25, 0.3) is 5.91 Å². The van der Waals surface area contributed by atoms with Crippen LogP contribution < -0.4 is 21.1 Å². The first-order valence-corrected chi connectivity index (χ1v) is 9.26. The van der Waals surface area contributed by atoms with Crippen molar-refractivity contribution in [2.24, 2.45) is 5.92 Å². The number of urea groups is 1. The Balaban J connectivity index is 0.00000280. The second-order valence-corrected chi connectivity index (χ2v) is 7.26. The normalized spacial score (nSPS) is 23.9. The van der Waals surface area contributed by atoms with Crippen LogP contribution in [0.15, 0.2) is 18.2 Å². The highest BCUT2D eigenvalue weighted by Gasteiger charge is 2.52. The minimum absolute atomic E-state index is 0. The van der Waals surface area contributed by atoms with Gasteiger partial charge in [-0.15, -0.1) is 12.4 Å². The maximum Gasteiger partial charge on any atom is 0.325 e. The van der Waals surface area contributed by atoms with Gasteiger partial charge in [-0.3, -0.25) is 14.5 Å². The number of nitrogens with one attached hydrogen (secondary N) is 2. The molecule has 2 aliphatic rings. The lowest BCUT2D eigenvalue weighted by atomic mass is 9.75. The molecule has 4 N–H and O–H groups in total. The van der Waals surface area contributed by atoms with E-state index in [9.17, 15) is 14.4 Å². The number of imide groups is 1. The van der Waals surface area contributed by atoms with E-state index in [4.69, 9.17) is 10.5 Å². The summed E-state index contributed by atoms with van der Waals surface area (Å²) in [6.07, 6.45) is 4.13. The average Bonchev–Trinajstić information content (AvgIpc) is 2.88. The number of anilines is 2. The molecule has 0 unspecified atom stereocenters. The van der Waals surface area contributed by atoms with Gasteiger partial charge in [-0.25, -0.2) is 4.79 Å². The Morgan fingerprint density at radius 2 is 2.04 bits per heavy atom. The first kappa shape index (κ1) is 21.8. The van der Waals surface area contributed by atoms with Crippen molar-refractivity contribution in [3.8, 4) is 5.75 Å². The van der Waals surface area contributed by atoms with Crippen molar-refractivity contribution in [1.82, 2.24) is 10.2 Å². The van der Waals surface area contributed by atoms with Crippen LogP contribution in [0.5, 0.6) is 5.75 Å². The monoisotopic (exact) mass is 410 g/mol. The van der Waals surface area contributed by atoms with Crippen molar-refractivity contribution in [3.05, 3.63) is 18.2 Å². The van der Waals surface area contributed by atoms with Crippen molar-refractivity contribution < 1.29 is 19.1 Å². The standard InChI is InChI=1S/C19H26N4O4.ClH/c1-3-12-6-8-19(9-7-12)17(25)23(18(26)22-19)11-16(24)21-15-10-13(27-2)4-5-14(15)20;/h4-5,10,12H,3,6-9,11,20H2,1-2H3,(H,21,24)(H,22,26);1H. The van der Waals surface area contributed by atoms with Crippen LogP contribution in [-0.4, -0.2) is 41.9 Å². The summed E-state index contributed by atoms with van der Waals surface area (Å²) >= 11 is 0. The molecule has 28 heavy (non-hydrogen) atoms. The number of benzene rings is 1. The zero-order chi connectivity index (χ0) is 19.6. The quantitative estimate of drug-likeness (QED) is 0.509. The summed E-state index contributed by atoms with van der Waals surface area (Å²) in [5, 5.41) is 5.47. The van der Waals surface area contributed by atoms with Crippen molar-refractivity contribution in [2.75, 3.05) is 24.7 Å². The van der Waals surface area contributed by atoms with Gasteiger partial charge >= 0.3 is 6.03 Å². The molecule has 1 spiro atoms. The van der Waals surface area contributed by atoms with Gasteiger partial charge in [-0.2, -0.15) is 0 Å². The maximum absolute atomic E-state index is 12.9. The van der Waals surface area contributed by atoms with Crippen LogP contribution in [0.4, 0.5) is 16.2 Å². The maximum atomic E-state index is 12.9. The van der Waals surface area contributed by atoms with Crippen LogP contribution in [-0.2, 0) is 9.59 Å². The molecule has 1 aromatic rings. The molecule has 0 aromatic heterocycles. The largest absolute Gasteiger partial charge is 0.497 e. The first-order valence-electron chi connectivity index (χ1n) is 9.26. The van der Waals surface area contributed by atoms with Gasteiger partial charge < -0.3 is 21.1 Å². The van der Waals surface area contributed by atoms with Crippen molar-refractivity contribution in [2.45, 2.75) is 44.6 Å². The first-order chi connectivity index (χ1) is 12.9. The highest BCUT2D eigenvalue weighted by atomic mass is 35.5. The third-order valence-electron chi connectivity index (χ3n) is 5.62. The number of nitrogens with zero attached hydrogens (tertiary/aromatic N) is 1. The molecular formula is C19H27ClN4O4. The van der Waals surface area contributed by atoms with Crippen LogP contribution in [0.1, 0.15) is 39.0 Å². The Bertz CT molecular complexity index is 762. The predicted octanol–water partition coefficient (Wildman–Crippen LogP) is 2.53. The molecule has 1 saturated heterocycles. The number of carbonyl (C=O) groups is 3. The van der Waals surface area contributed by atoms with Crippen LogP contribution in [0, 0.1) is 5.92 Å². The number of halogens is 1. The third-order valence-corrected chi connectivity index (χ3v) is 5.62. The van der Waals surface area contributed by atoms with E-state index in [1.807, 2.05) is 0 Å². The molecule has 1 aromatic carbocycles. The van der Waals surface area contributed by atoms with Gasteiger partial charge in [0, 0.05) is 6.07 Å². The minimum atomic E-state index is -0.849. The fourth-order valence-corrected chi connectivity index (χ4v) is 3.84. The Morgan fingerprint density at radius 3 is 2.64 bits per heavy atom. The zero-order valence-electron chi connectivity index (χ0n) is 16.1. The van der Waals surface area contributed by atoms with Gasteiger partial charge in [-0.1, -0.05) is 13.3 Å². The van der Waals surface area contributed by atoms with E-state index in [0.717, 1.165) is 24.2 Å². The zero-order valence-corrected chi connectivity index (χ0v) is 16.9. The molecule has 1 aliphatic heterocycles. The molecular weight excluding hydrogens is 384 g/mol. The van der Waals surface area contributed by atoms with E-state index < -0.39 is 17.5 Å². The van der Waals surface area contributed by atoms with Crippen LogP contribution >= 0.6 is 12.4 Å². The Hall–Kier alpha value is -2.48. The minimum Gasteiger partial charge on any atom is -0.497 e. The molecule has 3 rings (SSSR count). The molecule has 0 radical (unpaired) electrons. The lowest BCUT2D eigenvalue weighted by molar-refractivity contribution is -0.135. The predicted molar refractivity (Wildman–Crippen MR) is 109 cm³/mol. The van der Waals surface area contributed by atoms with Gasteiger partial charge in [0.2, 0.25) is 5.91 Å².